The maximum atomic E-state index is 12.1. The van der Waals surface area contributed by atoms with Gasteiger partial charge >= 0.3 is 0 Å². The zero-order chi connectivity index (χ0) is 14.8. The Morgan fingerprint density at radius 2 is 2.14 bits per heavy atom. The van der Waals surface area contributed by atoms with Crippen LogP contribution in [0.5, 0.6) is 0 Å². The van der Waals surface area contributed by atoms with Gasteiger partial charge in [0.2, 0.25) is 0 Å². The van der Waals surface area contributed by atoms with E-state index in [1.165, 1.54) is 23.7 Å². The Balaban J connectivity index is 1.85. The van der Waals surface area contributed by atoms with Gasteiger partial charge in [-0.2, -0.15) is 0 Å². The maximum Gasteiger partial charge on any atom is 0.277 e. The van der Waals surface area contributed by atoms with Gasteiger partial charge in [-0.3, -0.25) is 15.1 Å². The van der Waals surface area contributed by atoms with Gasteiger partial charge in [-0.25, -0.2) is 9.97 Å². The molecule has 2 aromatic heterocycles. The monoisotopic (exact) mass is 319 g/mol. The van der Waals surface area contributed by atoms with Gasteiger partial charge in [-0.1, -0.05) is 22.9 Å². The van der Waals surface area contributed by atoms with E-state index in [-0.39, 0.29) is 11.6 Å². The third kappa shape index (κ3) is 2.93. The number of rotatable bonds is 3. The zero-order valence-corrected chi connectivity index (χ0v) is 12.5. The third-order valence-corrected chi connectivity index (χ3v) is 3.86. The lowest BCUT2D eigenvalue weighted by atomic mass is 10.3. The quantitative estimate of drug-likeness (QED) is 0.775. The molecule has 0 aliphatic carbocycles. The van der Waals surface area contributed by atoms with Gasteiger partial charge in [0, 0.05) is 12.1 Å². The van der Waals surface area contributed by atoms with Crippen LogP contribution in [0.2, 0.25) is 5.02 Å². The molecule has 1 aromatic carbocycles. The number of fused-ring (bicyclic) bond motifs is 1. The lowest BCUT2D eigenvalue weighted by molar-refractivity contribution is 0.102. The summed E-state index contributed by atoms with van der Waals surface area (Å²) in [5.41, 5.74) is 1.01. The van der Waals surface area contributed by atoms with Crippen molar-refractivity contribution in [2.24, 2.45) is 0 Å². The number of amides is 1. The van der Waals surface area contributed by atoms with Crippen molar-refractivity contribution in [1.29, 1.82) is 0 Å². The second kappa shape index (κ2) is 5.63. The van der Waals surface area contributed by atoms with Crippen molar-refractivity contribution in [1.82, 2.24) is 15.0 Å². The van der Waals surface area contributed by atoms with Crippen LogP contribution in [0.1, 0.15) is 10.5 Å². The van der Waals surface area contributed by atoms with Crippen molar-refractivity contribution >= 4 is 50.0 Å². The van der Waals surface area contributed by atoms with Crippen LogP contribution in [0.15, 0.2) is 30.6 Å². The summed E-state index contributed by atoms with van der Waals surface area (Å²) in [4.78, 5) is 24.5. The Hall–Kier alpha value is -2.25. The first-order chi connectivity index (χ1) is 10.2. The largest absolute Gasteiger partial charge is 0.372 e. The molecule has 0 bridgehead atoms. The number of halogens is 1. The number of benzene rings is 1. The highest BCUT2D eigenvalue weighted by molar-refractivity contribution is 7.22. The smallest absolute Gasteiger partial charge is 0.277 e. The van der Waals surface area contributed by atoms with Gasteiger partial charge in [-0.15, -0.1) is 0 Å². The Bertz CT molecular complexity index is 819. The zero-order valence-electron chi connectivity index (χ0n) is 10.9. The minimum absolute atomic E-state index is 0.221. The van der Waals surface area contributed by atoms with Crippen LogP contribution in [0.3, 0.4) is 0 Å². The topological polar surface area (TPSA) is 79.8 Å². The maximum absolute atomic E-state index is 12.1. The van der Waals surface area contributed by atoms with Crippen molar-refractivity contribution in [2.75, 3.05) is 17.7 Å². The molecule has 1 amide bonds. The normalized spacial score (nSPS) is 10.6. The molecule has 2 N–H and O–H groups in total. The highest BCUT2D eigenvalue weighted by Crippen LogP contribution is 2.28. The van der Waals surface area contributed by atoms with Gasteiger partial charge in [0.15, 0.2) is 5.13 Å². The lowest BCUT2D eigenvalue weighted by Gasteiger charge is -2.02. The van der Waals surface area contributed by atoms with Crippen LogP contribution in [0.4, 0.5) is 10.9 Å². The number of thiazole rings is 1. The Kier molecular flexibility index (Phi) is 3.68. The summed E-state index contributed by atoms with van der Waals surface area (Å²) in [7, 11) is 1.71. The number of hydrogen-bond donors (Lipinski definition) is 2. The summed E-state index contributed by atoms with van der Waals surface area (Å²) < 4.78 is 0.910. The Morgan fingerprint density at radius 1 is 1.29 bits per heavy atom. The van der Waals surface area contributed by atoms with E-state index in [0.717, 1.165) is 10.2 Å². The second-order valence-corrected chi connectivity index (χ2v) is 5.59. The van der Waals surface area contributed by atoms with Crippen LogP contribution in [-0.4, -0.2) is 27.9 Å². The fourth-order valence-corrected chi connectivity index (χ4v) is 2.85. The van der Waals surface area contributed by atoms with Gasteiger partial charge in [0.25, 0.3) is 5.91 Å². The van der Waals surface area contributed by atoms with Gasteiger partial charge in [0.05, 0.1) is 22.6 Å². The highest BCUT2D eigenvalue weighted by atomic mass is 35.5. The molecule has 0 radical (unpaired) electrons. The molecule has 0 atom stereocenters. The number of anilines is 2. The molecule has 0 saturated heterocycles. The summed E-state index contributed by atoms with van der Waals surface area (Å²) in [5, 5.41) is 6.68. The van der Waals surface area contributed by atoms with E-state index in [4.69, 9.17) is 11.6 Å². The van der Waals surface area contributed by atoms with E-state index in [0.29, 0.717) is 16.0 Å². The summed E-state index contributed by atoms with van der Waals surface area (Å²) in [6.07, 6.45) is 2.94. The first-order valence-corrected chi connectivity index (χ1v) is 7.22. The van der Waals surface area contributed by atoms with Gasteiger partial charge in [0.1, 0.15) is 11.5 Å². The molecule has 3 aromatic rings. The fourth-order valence-electron chi connectivity index (χ4n) is 1.71. The molecule has 0 aliphatic rings. The van der Waals surface area contributed by atoms with Crippen molar-refractivity contribution in [3.63, 3.8) is 0 Å². The molecular weight excluding hydrogens is 310 g/mol. The summed E-state index contributed by atoms with van der Waals surface area (Å²) in [6, 6.07) is 5.38. The number of nitrogens with zero attached hydrogens (tertiary/aromatic N) is 3. The van der Waals surface area contributed by atoms with E-state index in [1.807, 2.05) is 12.1 Å². The summed E-state index contributed by atoms with van der Waals surface area (Å²) >= 11 is 7.28. The molecule has 0 unspecified atom stereocenters. The van der Waals surface area contributed by atoms with E-state index in [1.54, 1.807) is 13.1 Å². The van der Waals surface area contributed by atoms with Crippen LogP contribution < -0.4 is 10.6 Å². The number of aromatic nitrogens is 3. The number of nitrogens with one attached hydrogen (secondary N) is 2. The first kappa shape index (κ1) is 13.7. The van der Waals surface area contributed by atoms with E-state index in [9.17, 15) is 4.79 Å². The van der Waals surface area contributed by atoms with Gasteiger partial charge < -0.3 is 5.32 Å². The predicted molar refractivity (Wildman–Crippen MR) is 84.2 cm³/mol. The van der Waals surface area contributed by atoms with Crippen molar-refractivity contribution in [3.8, 4) is 0 Å². The van der Waals surface area contributed by atoms with Crippen LogP contribution in [0.25, 0.3) is 10.2 Å². The Labute approximate surface area is 129 Å². The van der Waals surface area contributed by atoms with Crippen molar-refractivity contribution in [2.45, 2.75) is 0 Å². The SMILES string of the molecule is CNc1cncc(C(=O)Nc2nc3ccc(Cl)cc3s2)n1. The molecule has 3 rings (SSSR count). The molecule has 2 heterocycles. The van der Waals surface area contributed by atoms with Gasteiger partial charge in [-0.05, 0) is 18.2 Å². The summed E-state index contributed by atoms with van der Waals surface area (Å²) in [5.74, 6) is 0.170. The van der Waals surface area contributed by atoms with E-state index in [2.05, 4.69) is 25.6 Å². The standard InChI is InChI=1S/C13H10ClN5OS/c1-15-11-6-16-5-9(17-11)12(20)19-13-18-8-3-2-7(14)4-10(8)21-13/h2-6H,1H3,(H,15,17)(H,18,19,20). The molecule has 8 heteroatoms. The predicted octanol–water partition coefficient (Wildman–Crippen LogP) is 3.03. The molecule has 0 aliphatic heterocycles. The Morgan fingerprint density at radius 3 is 2.95 bits per heavy atom. The minimum atomic E-state index is -0.357. The molecule has 0 spiro atoms. The van der Waals surface area contributed by atoms with Crippen molar-refractivity contribution < 1.29 is 4.79 Å². The first-order valence-electron chi connectivity index (χ1n) is 6.03. The minimum Gasteiger partial charge on any atom is -0.372 e. The molecule has 0 saturated carbocycles. The lowest BCUT2D eigenvalue weighted by Crippen LogP contribution is -2.14. The average Bonchev–Trinajstić information content (AvgIpc) is 2.88. The molecule has 21 heavy (non-hydrogen) atoms. The number of hydrogen-bond acceptors (Lipinski definition) is 6. The number of carbonyl (C=O) groups is 1. The second-order valence-electron chi connectivity index (χ2n) is 4.12. The molecule has 106 valence electrons. The van der Waals surface area contributed by atoms with Crippen LogP contribution >= 0.6 is 22.9 Å². The molecule has 6 nitrogen and oxygen atoms in total. The average molecular weight is 320 g/mol. The summed E-state index contributed by atoms with van der Waals surface area (Å²) in [6.45, 7) is 0. The van der Waals surface area contributed by atoms with E-state index >= 15 is 0 Å². The fraction of sp³-hybridized carbons (Fsp3) is 0.0769. The van der Waals surface area contributed by atoms with Crippen molar-refractivity contribution in [3.05, 3.63) is 41.3 Å². The number of carbonyl (C=O) groups excluding carboxylic acids is 1. The van der Waals surface area contributed by atoms with Crippen LogP contribution in [0, 0.1) is 0 Å². The third-order valence-electron chi connectivity index (χ3n) is 2.69. The molecule has 0 fully saturated rings. The highest BCUT2D eigenvalue weighted by Gasteiger charge is 2.12. The molecular formula is C13H10ClN5OS. The van der Waals surface area contributed by atoms with E-state index < -0.39 is 0 Å². The van der Waals surface area contributed by atoms with Crippen LogP contribution in [-0.2, 0) is 0 Å².